The first-order chi connectivity index (χ1) is 10.4. The second-order valence-corrected chi connectivity index (χ2v) is 5.25. The normalized spacial score (nSPS) is 18.5. The van der Waals surface area contributed by atoms with Crippen molar-refractivity contribution in [1.82, 2.24) is 5.32 Å². The minimum Gasteiger partial charge on any atom is -0.494 e. The Morgan fingerprint density at radius 1 is 1.10 bits per heavy atom. The number of piperazine rings is 1. The molecule has 3 heteroatoms. The molecule has 110 valence electrons. The monoisotopic (exact) mass is 282 g/mol. The average Bonchev–Trinajstić information content (AvgIpc) is 2.57. The van der Waals surface area contributed by atoms with Gasteiger partial charge in [0.25, 0.3) is 0 Å². The lowest BCUT2D eigenvalue weighted by molar-refractivity contribution is 0.340. The first-order valence-corrected chi connectivity index (χ1v) is 7.63. The van der Waals surface area contributed by atoms with Crippen LogP contribution in [0.2, 0.25) is 0 Å². The zero-order valence-electron chi connectivity index (χ0n) is 12.5. The number of nitrogens with zero attached hydrogens (tertiary/aromatic N) is 1. The predicted molar refractivity (Wildman–Crippen MR) is 87.0 cm³/mol. The van der Waals surface area contributed by atoms with Gasteiger partial charge in [-0.15, -0.1) is 0 Å². The molecule has 1 aliphatic rings. The lowest BCUT2D eigenvalue weighted by Gasteiger charge is -2.38. The summed E-state index contributed by atoms with van der Waals surface area (Å²) in [5.74, 6) is 0.938. The van der Waals surface area contributed by atoms with Crippen LogP contribution in [0, 0.1) is 0 Å². The van der Waals surface area contributed by atoms with Crippen LogP contribution in [0.3, 0.4) is 0 Å². The SMILES string of the molecule is CCOc1ccc(N2CCNCC2c2ccccc2)cc1. The number of ether oxygens (including phenoxy) is 1. The van der Waals surface area contributed by atoms with E-state index >= 15 is 0 Å². The van der Waals surface area contributed by atoms with Gasteiger partial charge in [-0.25, -0.2) is 0 Å². The van der Waals surface area contributed by atoms with E-state index in [4.69, 9.17) is 4.74 Å². The smallest absolute Gasteiger partial charge is 0.119 e. The molecule has 1 fully saturated rings. The molecule has 0 bridgehead atoms. The van der Waals surface area contributed by atoms with Gasteiger partial charge in [0.05, 0.1) is 12.6 Å². The van der Waals surface area contributed by atoms with Crippen LogP contribution >= 0.6 is 0 Å². The van der Waals surface area contributed by atoms with Crippen LogP contribution in [0.4, 0.5) is 5.69 Å². The van der Waals surface area contributed by atoms with Crippen molar-refractivity contribution in [3.8, 4) is 5.75 Å². The quantitative estimate of drug-likeness (QED) is 0.931. The number of hydrogen-bond acceptors (Lipinski definition) is 3. The molecule has 1 atom stereocenters. The molecule has 1 aliphatic heterocycles. The Balaban J connectivity index is 1.84. The molecule has 2 aromatic rings. The highest BCUT2D eigenvalue weighted by molar-refractivity contribution is 5.52. The molecular weight excluding hydrogens is 260 g/mol. The maximum atomic E-state index is 5.53. The van der Waals surface area contributed by atoms with Gasteiger partial charge >= 0.3 is 0 Å². The third-order valence-corrected chi connectivity index (χ3v) is 3.91. The fraction of sp³-hybridized carbons (Fsp3) is 0.333. The first kappa shape index (κ1) is 14.0. The maximum Gasteiger partial charge on any atom is 0.119 e. The molecule has 0 radical (unpaired) electrons. The third-order valence-electron chi connectivity index (χ3n) is 3.91. The number of rotatable bonds is 4. The Bertz CT molecular complexity index is 553. The minimum absolute atomic E-state index is 0.387. The highest BCUT2D eigenvalue weighted by Gasteiger charge is 2.23. The number of hydrogen-bond donors (Lipinski definition) is 1. The van der Waals surface area contributed by atoms with E-state index in [-0.39, 0.29) is 0 Å². The summed E-state index contributed by atoms with van der Waals surface area (Å²) >= 11 is 0. The van der Waals surface area contributed by atoms with E-state index in [1.807, 2.05) is 6.92 Å². The number of anilines is 1. The van der Waals surface area contributed by atoms with Crippen molar-refractivity contribution in [3.05, 3.63) is 60.2 Å². The molecule has 1 N–H and O–H groups in total. The third kappa shape index (κ3) is 3.19. The highest BCUT2D eigenvalue weighted by atomic mass is 16.5. The van der Waals surface area contributed by atoms with Gasteiger partial charge in [0.2, 0.25) is 0 Å². The summed E-state index contributed by atoms with van der Waals surface area (Å²) < 4.78 is 5.53. The van der Waals surface area contributed by atoms with Crippen molar-refractivity contribution >= 4 is 5.69 Å². The molecule has 0 spiro atoms. The van der Waals surface area contributed by atoms with Crippen molar-refractivity contribution in [2.45, 2.75) is 13.0 Å². The Morgan fingerprint density at radius 3 is 2.57 bits per heavy atom. The fourth-order valence-electron chi connectivity index (χ4n) is 2.89. The van der Waals surface area contributed by atoms with E-state index in [1.54, 1.807) is 0 Å². The van der Waals surface area contributed by atoms with Gasteiger partial charge in [-0.1, -0.05) is 30.3 Å². The molecule has 2 aromatic carbocycles. The second kappa shape index (κ2) is 6.64. The van der Waals surface area contributed by atoms with Crippen LogP contribution in [0.15, 0.2) is 54.6 Å². The van der Waals surface area contributed by atoms with Gasteiger partial charge in [-0.05, 0) is 36.8 Å². The summed E-state index contributed by atoms with van der Waals surface area (Å²) in [5, 5.41) is 3.50. The van der Waals surface area contributed by atoms with Crippen LogP contribution in [0.25, 0.3) is 0 Å². The van der Waals surface area contributed by atoms with Crippen LogP contribution in [-0.2, 0) is 0 Å². The lowest BCUT2D eigenvalue weighted by Crippen LogP contribution is -2.46. The van der Waals surface area contributed by atoms with E-state index in [9.17, 15) is 0 Å². The summed E-state index contributed by atoms with van der Waals surface area (Å²) in [5.41, 5.74) is 2.62. The van der Waals surface area contributed by atoms with E-state index in [1.165, 1.54) is 11.3 Å². The van der Waals surface area contributed by atoms with E-state index in [0.29, 0.717) is 12.6 Å². The molecule has 0 aromatic heterocycles. The zero-order valence-corrected chi connectivity index (χ0v) is 12.5. The Kier molecular flexibility index (Phi) is 4.41. The van der Waals surface area contributed by atoms with Crippen molar-refractivity contribution in [1.29, 1.82) is 0 Å². The standard InChI is InChI=1S/C18H22N2O/c1-2-21-17-10-8-16(9-11-17)20-13-12-19-14-18(20)15-6-4-3-5-7-15/h3-11,18-19H,2,12-14H2,1H3. The minimum atomic E-state index is 0.387. The summed E-state index contributed by atoms with van der Waals surface area (Å²) in [6.45, 7) is 5.75. The van der Waals surface area contributed by atoms with E-state index < -0.39 is 0 Å². The van der Waals surface area contributed by atoms with Crippen molar-refractivity contribution in [3.63, 3.8) is 0 Å². The molecule has 1 unspecified atom stereocenters. The molecule has 21 heavy (non-hydrogen) atoms. The lowest BCUT2D eigenvalue weighted by atomic mass is 10.0. The highest BCUT2D eigenvalue weighted by Crippen LogP contribution is 2.29. The second-order valence-electron chi connectivity index (χ2n) is 5.25. The summed E-state index contributed by atoms with van der Waals surface area (Å²) in [6.07, 6.45) is 0. The van der Waals surface area contributed by atoms with Gasteiger partial charge in [-0.2, -0.15) is 0 Å². The van der Waals surface area contributed by atoms with Gasteiger partial charge in [-0.3, -0.25) is 0 Å². The topological polar surface area (TPSA) is 24.5 Å². The van der Waals surface area contributed by atoms with Crippen LogP contribution < -0.4 is 15.0 Å². The van der Waals surface area contributed by atoms with Crippen molar-refractivity contribution < 1.29 is 4.74 Å². The molecule has 0 aliphatic carbocycles. The van der Waals surface area contributed by atoms with Crippen molar-refractivity contribution in [2.24, 2.45) is 0 Å². The summed E-state index contributed by atoms with van der Waals surface area (Å²) in [4.78, 5) is 2.47. The van der Waals surface area contributed by atoms with Gasteiger partial charge in [0.1, 0.15) is 5.75 Å². The van der Waals surface area contributed by atoms with Gasteiger partial charge < -0.3 is 15.0 Å². The first-order valence-electron chi connectivity index (χ1n) is 7.63. The molecule has 0 saturated carbocycles. The summed E-state index contributed by atoms with van der Waals surface area (Å²) in [6, 6.07) is 19.5. The van der Waals surface area contributed by atoms with Crippen LogP contribution in [-0.4, -0.2) is 26.2 Å². The number of nitrogens with one attached hydrogen (secondary N) is 1. The van der Waals surface area contributed by atoms with Gasteiger partial charge in [0, 0.05) is 25.3 Å². The molecule has 3 nitrogen and oxygen atoms in total. The predicted octanol–water partition coefficient (Wildman–Crippen LogP) is 3.24. The Hall–Kier alpha value is -2.00. The van der Waals surface area contributed by atoms with E-state index in [0.717, 1.165) is 25.4 Å². The number of benzene rings is 2. The molecule has 1 saturated heterocycles. The molecule has 1 heterocycles. The largest absolute Gasteiger partial charge is 0.494 e. The van der Waals surface area contributed by atoms with Crippen LogP contribution in [0.1, 0.15) is 18.5 Å². The fourth-order valence-corrected chi connectivity index (χ4v) is 2.89. The molecule has 3 rings (SSSR count). The Labute approximate surface area is 126 Å². The van der Waals surface area contributed by atoms with E-state index in [2.05, 4.69) is 64.8 Å². The summed E-state index contributed by atoms with van der Waals surface area (Å²) in [7, 11) is 0. The van der Waals surface area contributed by atoms with Crippen LogP contribution in [0.5, 0.6) is 5.75 Å². The Morgan fingerprint density at radius 2 is 1.86 bits per heavy atom. The average molecular weight is 282 g/mol. The molecule has 0 amide bonds. The van der Waals surface area contributed by atoms with Crippen molar-refractivity contribution in [2.75, 3.05) is 31.1 Å². The zero-order chi connectivity index (χ0) is 14.5. The van der Waals surface area contributed by atoms with Gasteiger partial charge in [0.15, 0.2) is 0 Å². The maximum absolute atomic E-state index is 5.53. The molecular formula is C18H22N2O.